The van der Waals surface area contributed by atoms with Crippen LogP contribution in [0.1, 0.15) is 12.0 Å². The van der Waals surface area contributed by atoms with Crippen molar-refractivity contribution in [2.24, 2.45) is 0 Å². The molecule has 0 saturated heterocycles. The number of benzene rings is 1. The molecule has 0 radical (unpaired) electrons. The van der Waals surface area contributed by atoms with E-state index in [-0.39, 0.29) is 0 Å². The topological polar surface area (TPSA) is 68.1 Å². The first-order valence-electron chi connectivity index (χ1n) is 6.40. The molecule has 0 spiro atoms. The minimum Gasteiger partial charge on any atom is -0.234 e. The molecule has 0 aliphatic carbocycles. The molecule has 6 nitrogen and oxygen atoms in total. The molecule has 3 rings (SSSR count). The smallest absolute Gasteiger partial charge is 0.234 e. The quantitative estimate of drug-likeness (QED) is 0.867. The lowest BCUT2D eigenvalue weighted by atomic mass is 10.2. The second-order valence-corrected chi connectivity index (χ2v) is 6.79. The SMILES string of the molecule is O=S(=O)(/C=C\c1ccc(Cl)cc1)N1CCCn2ncnc21. The number of aromatic nitrogens is 3. The number of halogens is 1. The summed E-state index contributed by atoms with van der Waals surface area (Å²) in [7, 11) is -3.58. The van der Waals surface area contributed by atoms with Crippen molar-refractivity contribution in [3.05, 3.63) is 46.6 Å². The van der Waals surface area contributed by atoms with Crippen molar-refractivity contribution in [3.8, 4) is 0 Å². The maximum atomic E-state index is 12.4. The Kier molecular flexibility index (Phi) is 3.69. The molecule has 0 saturated carbocycles. The lowest BCUT2D eigenvalue weighted by Gasteiger charge is -2.25. The fourth-order valence-corrected chi connectivity index (χ4v) is 3.48. The van der Waals surface area contributed by atoms with Crippen LogP contribution in [0.2, 0.25) is 5.02 Å². The van der Waals surface area contributed by atoms with Crippen LogP contribution in [0.5, 0.6) is 0 Å². The Balaban J connectivity index is 1.87. The van der Waals surface area contributed by atoms with E-state index in [1.807, 2.05) is 0 Å². The van der Waals surface area contributed by atoms with Gasteiger partial charge in [0, 0.05) is 18.1 Å². The van der Waals surface area contributed by atoms with Crippen LogP contribution in [0, 0.1) is 0 Å². The molecular weight excluding hydrogens is 312 g/mol. The molecule has 1 aliphatic rings. The lowest BCUT2D eigenvalue weighted by Crippen LogP contribution is -2.36. The predicted octanol–water partition coefficient (Wildman–Crippen LogP) is 2.14. The first kappa shape index (κ1) is 14.1. The van der Waals surface area contributed by atoms with Gasteiger partial charge in [-0.15, -0.1) is 0 Å². The highest BCUT2D eigenvalue weighted by Crippen LogP contribution is 2.21. The third-order valence-corrected chi connectivity index (χ3v) is 4.85. The summed E-state index contributed by atoms with van der Waals surface area (Å²) in [4.78, 5) is 4.02. The van der Waals surface area contributed by atoms with Crippen molar-refractivity contribution in [2.75, 3.05) is 10.8 Å². The average Bonchev–Trinajstić information content (AvgIpc) is 2.95. The van der Waals surface area contributed by atoms with Crippen molar-refractivity contribution in [3.63, 3.8) is 0 Å². The molecule has 110 valence electrons. The van der Waals surface area contributed by atoms with Crippen molar-refractivity contribution < 1.29 is 8.42 Å². The van der Waals surface area contributed by atoms with E-state index >= 15 is 0 Å². The standard InChI is InChI=1S/C13H13ClN4O2S/c14-12-4-2-11(3-5-12)6-9-21(19,20)18-8-1-7-17-13(18)15-10-16-17/h2-6,9-10H,1,7-8H2/b9-6-. The summed E-state index contributed by atoms with van der Waals surface area (Å²) in [5.74, 6) is 0.363. The molecule has 0 amide bonds. The van der Waals surface area contributed by atoms with Gasteiger partial charge in [0.2, 0.25) is 5.95 Å². The summed E-state index contributed by atoms with van der Waals surface area (Å²) in [6.07, 6.45) is 3.62. The molecule has 1 aromatic carbocycles. The first-order chi connectivity index (χ1) is 10.1. The van der Waals surface area contributed by atoms with Gasteiger partial charge in [-0.05, 0) is 30.2 Å². The van der Waals surface area contributed by atoms with Gasteiger partial charge < -0.3 is 0 Å². The molecule has 2 heterocycles. The largest absolute Gasteiger partial charge is 0.259 e. The molecule has 1 aliphatic heterocycles. The zero-order chi connectivity index (χ0) is 14.9. The number of hydrogen-bond acceptors (Lipinski definition) is 4. The van der Waals surface area contributed by atoms with Gasteiger partial charge in [-0.25, -0.2) is 17.4 Å². The van der Waals surface area contributed by atoms with Gasteiger partial charge in [0.05, 0.1) is 5.41 Å². The summed E-state index contributed by atoms with van der Waals surface area (Å²) in [5.41, 5.74) is 0.765. The number of anilines is 1. The van der Waals surface area contributed by atoms with Crippen molar-refractivity contribution in [2.45, 2.75) is 13.0 Å². The first-order valence-corrected chi connectivity index (χ1v) is 8.28. The number of aryl methyl sites for hydroxylation is 1. The molecule has 21 heavy (non-hydrogen) atoms. The highest BCUT2D eigenvalue weighted by molar-refractivity contribution is 7.95. The summed E-state index contributed by atoms with van der Waals surface area (Å²) in [5, 5.41) is 5.80. The molecule has 0 unspecified atom stereocenters. The number of fused-ring (bicyclic) bond motifs is 1. The average molecular weight is 325 g/mol. The normalized spacial score (nSPS) is 15.4. The summed E-state index contributed by atoms with van der Waals surface area (Å²) >= 11 is 5.80. The molecule has 0 fully saturated rings. The van der Waals surface area contributed by atoms with Crippen LogP contribution in [0.4, 0.5) is 5.95 Å². The molecule has 8 heteroatoms. The fraction of sp³-hybridized carbons (Fsp3) is 0.231. The Morgan fingerprint density at radius 1 is 1.19 bits per heavy atom. The molecule has 0 atom stereocenters. The Morgan fingerprint density at radius 3 is 2.71 bits per heavy atom. The summed E-state index contributed by atoms with van der Waals surface area (Å²) in [6, 6.07) is 6.94. The van der Waals surface area contributed by atoms with Gasteiger partial charge in [0.15, 0.2) is 0 Å². The molecule has 2 aromatic rings. The van der Waals surface area contributed by atoms with Crippen LogP contribution in [0.15, 0.2) is 36.0 Å². The maximum Gasteiger partial charge on any atom is 0.259 e. The van der Waals surface area contributed by atoms with Gasteiger partial charge in [0.1, 0.15) is 6.33 Å². The minimum absolute atomic E-state index is 0.363. The minimum atomic E-state index is -3.58. The van der Waals surface area contributed by atoms with E-state index in [0.29, 0.717) is 30.5 Å². The van der Waals surface area contributed by atoms with Crippen LogP contribution >= 0.6 is 11.6 Å². The monoisotopic (exact) mass is 324 g/mol. The van der Waals surface area contributed by atoms with Crippen LogP contribution < -0.4 is 4.31 Å². The van der Waals surface area contributed by atoms with E-state index in [0.717, 1.165) is 5.56 Å². The Bertz CT molecular complexity index is 768. The molecule has 0 N–H and O–H groups in total. The van der Waals surface area contributed by atoms with Gasteiger partial charge in [0.25, 0.3) is 10.0 Å². The third-order valence-electron chi connectivity index (χ3n) is 3.16. The number of rotatable bonds is 3. The molecular formula is C13H13ClN4O2S. The van der Waals surface area contributed by atoms with Crippen LogP contribution in [0.25, 0.3) is 6.08 Å². The zero-order valence-electron chi connectivity index (χ0n) is 11.1. The van der Waals surface area contributed by atoms with E-state index < -0.39 is 10.0 Å². The van der Waals surface area contributed by atoms with Crippen molar-refractivity contribution in [1.82, 2.24) is 14.8 Å². The number of hydrogen-bond donors (Lipinski definition) is 0. The summed E-state index contributed by atoms with van der Waals surface area (Å²) in [6.45, 7) is 1.09. The Hall–Kier alpha value is -1.86. The van der Waals surface area contributed by atoms with Crippen molar-refractivity contribution >= 4 is 33.6 Å². The van der Waals surface area contributed by atoms with Gasteiger partial charge in [-0.1, -0.05) is 23.7 Å². The third kappa shape index (κ3) is 2.93. The van der Waals surface area contributed by atoms with Gasteiger partial charge >= 0.3 is 0 Å². The van der Waals surface area contributed by atoms with Gasteiger partial charge in [-0.3, -0.25) is 0 Å². The zero-order valence-corrected chi connectivity index (χ0v) is 12.6. The number of nitrogens with zero attached hydrogens (tertiary/aromatic N) is 4. The van der Waals surface area contributed by atoms with E-state index in [1.54, 1.807) is 35.0 Å². The van der Waals surface area contributed by atoms with Gasteiger partial charge in [-0.2, -0.15) is 10.1 Å². The van der Waals surface area contributed by atoms with Crippen molar-refractivity contribution in [1.29, 1.82) is 0 Å². The second-order valence-electron chi connectivity index (χ2n) is 4.61. The Morgan fingerprint density at radius 2 is 1.95 bits per heavy atom. The van der Waals surface area contributed by atoms with E-state index in [2.05, 4.69) is 10.1 Å². The van der Waals surface area contributed by atoms with E-state index in [1.165, 1.54) is 16.0 Å². The Labute approximate surface area is 127 Å². The number of sulfonamides is 1. The lowest BCUT2D eigenvalue weighted by molar-refractivity contribution is 0.533. The fourth-order valence-electron chi connectivity index (χ4n) is 2.13. The summed E-state index contributed by atoms with van der Waals surface area (Å²) < 4.78 is 27.7. The van der Waals surface area contributed by atoms with Crippen LogP contribution in [0.3, 0.4) is 0 Å². The van der Waals surface area contributed by atoms with Crippen LogP contribution in [-0.4, -0.2) is 29.7 Å². The second kappa shape index (κ2) is 5.50. The maximum absolute atomic E-state index is 12.4. The molecule has 0 bridgehead atoms. The highest BCUT2D eigenvalue weighted by atomic mass is 35.5. The van der Waals surface area contributed by atoms with Crippen LogP contribution in [-0.2, 0) is 16.6 Å². The highest BCUT2D eigenvalue weighted by Gasteiger charge is 2.27. The predicted molar refractivity (Wildman–Crippen MR) is 81.4 cm³/mol. The molecule has 1 aromatic heterocycles. The van der Waals surface area contributed by atoms with E-state index in [9.17, 15) is 8.42 Å². The van der Waals surface area contributed by atoms with E-state index in [4.69, 9.17) is 11.6 Å².